The van der Waals surface area contributed by atoms with Crippen LogP contribution < -0.4 is 0 Å². The van der Waals surface area contributed by atoms with Crippen LogP contribution in [-0.2, 0) is 6.54 Å². The minimum Gasteiger partial charge on any atom is -0.507 e. The molecule has 17 heavy (non-hydrogen) atoms. The molecule has 96 valence electrons. The van der Waals surface area contributed by atoms with Crippen molar-refractivity contribution in [1.29, 1.82) is 0 Å². The van der Waals surface area contributed by atoms with Crippen LogP contribution in [0.4, 0.5) is 0 Å². The third-order valence-corrected chi connectivity index (χ3v) is 3.02. The van der Waals surface area contributed by atoms with Crippen molar-refractivity contribution in [1.82, 2.24) is 4.90 Å². The van der Waals surface area contributed by atoms with E-state index >= 15 is 0 Å². The standard InChI is InChI=1S/C15H25NO/c1-11(2)9-16(12(3)4)10-14-8-6-7-13(5)15(14)17/h6-8,11-12,17H,9-10H2,1-5H3. The molecule has 2 nitrogen and oxygen atoms in total. The van der Waals surface area contributed by atoms with E-state index in [-0.39, 0.29) is 0 Å². The van der Waals surface area contributed by atoms with E-state index in [4.69, 9.17) is 0 Å². The summed E-state index contributed by atoms with van der Waals surface area (Å²) >= 11 is 0. The Morgan fingerprint density at radius 3 is 2.35 bits per heavy atom. The van der Waals surface area contributed by atoms with Crippen molar-refractivity contribution in [2.45, 2.75) is 47.2 Å². The second kappa shape index (κ2) is 6.06. The Morgan fingerprint density at radius 2 is 1.82 bits per heavy atom. The summed E-state index contributed by atoms with van der Waals surface area (Å²) in [6.45, 7) is 12.7. The molecule has 0 unspecified atom stereocenters. The molecular weight excluding hydrogens is 210 g/mol. The van der Waals surface area contributed by atoms with Crippen LogP contribution in [0.2, 0.25) is 0 Å². The summed E-state index contributed by atoms with van der Waals surface area (Å²) < 4.78 is 0. The van der Waals surface area contributed by atoms with Gasteiger partial charge in [0.05, 0.1) is 0 Å². The fourth-order valence-corrected chi connectivity index (χ4v) is 1.99. The van der Waals surface area contributed by atoms with E-state index in [9.17, 15) is 5.11 Å². The summed E-state index contributed by atoms with van der Waals surface area (Å²) in [5.74, 6) is 1.09. The molecule has 0 aromatic heterocycles. The fraction of sp³-hybridized carbons (Fsp3) is 0.600. The highest BCUT2D eigenvalue weighted by molar-refractivity contribution is 5.39. The van der Waals surface area contributed by atoms with Crippen LogP contribution in [0.1, 0.15) is 38.8 Å². The summed E-state index contributed by atoms with van der Waals surface area (Å²) in [4.78, 5) is 2.40. The average Bonchev–Trinajstić information content (AvgIpc) is 2.22. The lowest BCUT2D eigenvalue weighted by Gasteiger charge is -2.28. The van der Waals surface area contributed by atoms with Gasteiger partial charge >= 0.3 is 0 Å². The molecule has 1 rings (SSSR count). The summed E-state index contributed by atoms with van der Waals surface area (Å²) in [6, 6.07) is 6.47. The van der Waals surface area contributed by atoms with Crippen molar-refractivity contribution in [2.75, 3.05) is 6.54 Å². The predicted octanol–water partition coefficient (Wildman–Crippen LogP) is 3.57. The number of para-hydroxylation sites is 1. The summed E-state index contributed by atoms with van der Waals surface area (Å²) in [7, 11) is 0. The fourth-order valence-electron chi connectivity index (χ4n) is 1.99. The van der Waals surface area contributed by atoms with E-state index in [0.717, 1.165) is 24.2 Å². The number of phenols is 1. The molecule has 0 radical (unpaired) electrons. The van der Waals surface area contributed by atoms with Crippen LogP contribution >= 0.6 is 0 Å². The van der Waals surface area contributed by atoms with E-state index in [2.05, 4.69) is 32.6 Å². The zero-order chi connectivity index (χ0) is 13.0. The second-order valence-corrected chi connectivity index (χ2v) is 5.50. The maximum atomic E-state index is 10.0. The second-order valence-electron chi connectivity index (χ2n) is 5.50. The first-order chi connectivity index (χ1) is 7.91. The van der Waals surface area contributed by atoms with Crippen molar-refractivity contribution in [3.63, 3.8) is 0 Å². The van der Waals surface area contributed by atoms with Crippen molar-refractivity contribution in [2.24, 2.45) is 5.92 Å². The van der Waals surface area contributed by atoms with Crippen LogP contribution in [0.3, 0.4) is 0 Å². The zero-order valence-corrected chi connectivity index (χ0v) is 11.7. The predicted molar refractivity (Wildman–Crippen MR) is 73.2 cm³/mol. The van der Waals surface area contributed by atoms with Gasteiger partial charge in [0.2, 0.25) is 0 Å². The quantitative estimate of drug-likeness (QED) is 0.843. The van der Waals surface area contributed by atoms with E-state index < -0.39 is 0 Å². The van der Waals surface area contributed by atoms with E-state index in [0.29, 0.717) is 17.7 Å². The number of phenolic OH excluding ortho intramolecular Hbond substituents is 1. The molecule has 2 heteroatoms. The third-order valence-electron chi connectivity index (χ3n) is 3.02. The Kier molecular flexibility index (Phi) is 5.01. The topological polar surface area (TPSA) is 23.5 Å². The first kappa shape index (κ1) is 14.0. The average molecular weight is 235 g/mol. The molecule has 0 aliphatic heterocycles. The molecule has 1 N–H and O–H groups in total. The zero-order valence-electron chi connectivity index (χ0n) is 11.7. The van der Waals surface area contributed by atoms with Crippen molar-refractivity contribution < 1.29 is 5.11 Å². The van der Waals surface area contributed by atoms with Gasteiger partial charge in [0.25, 0.3) is 0 Å². The largest absolute Gasteiger partial charge is 0.507 e. The van der Waals surface area contributed by atoms with Crippen LogP contribution in [0.25, 0.3) is 0 Å². The molecule has 0 saturated heterocycles. The molecule has 0 saturated carbocycles. The van der Waals surface area contributed by atoms with Gasteiger partial charge in [-0.2, -0.15) is 0 Å². The highest BCUT2D eigenvalue weighted by Gasteiger charge is 2.14. The lowest BCUT2D eigenvalue weighted by molar-refractivity contribution is 0.187. The number of hydrogen-bond acceptors (Lipinski definition) is 2. The number of aromatic hydroxyl groups is 1. The first-order valence-corrected chi connectivity index (χ1v) is 6.43. The van der Waals surface area contributed by atoms with E-state index in [1.807, 2.05) is 25.1 Å². The maximum Gasteiger partial charge on any atom is 0.122 e. The number of rotatable bonds is 5. The summed E-state index contributed by atoms with van der Waals surface area (Å²) in [5, 5.41) is 10.0. The third kappa shape index (κ3) is 4.04. The van der Waals surface area contributed by atoms with Crippen LogP contribution in [0.5, 0.6) is 5.75 Å². The van der Waals surface area contributed by atoms with Gasteiger partial charge in [0, 0.05) is 24.7 Å². The summed E-state index contributed by atoms with van der Waals surface area (Å²) in [6.07, 6.45) is 0. The van der Waals surface area contributed by atoms with Crippen molar-refractivity contribution in [3.8, 4) is 5.75 Å². The molecule has 0 aliphatic carbocycles. The Morgan fingerprint density at radius 1 is 1.18 bits per heavy atom. The van der Waals surface area contributed by atoms with Gasteiger partial charge in [-0.1, -0.05) is 32.0 Å². The first-order valence-electron chi connectivity index (χ1n) is 6.43. The van der Waals surface area contributed by atoms with Gasteiger partial charge in [-0.3, -0.25) is 4.90 Å². The van der Waals surface area contributed by atoms with Crippen molar-refractivity contribution >= 4 is 0 Å². The number of nitrogens with zero attached hydrogens (tertiary/aromatic N) is 1. The lowest BCUT2D eigenvalue weighted by atomic mass is 10.1. The van der Waals surface area contributed by atoms with Gasteiger partial charge < -0.3 is 5.11 Å². The highest BCUT2D eigenvalue weighted by atomic mass is 16.3. The summed E-state index contributed by atoms with van der Waals surface area (Å²) in [5.41, 5.74) is 1.98. The highest BCUT2D eigenvalue weighted by Crippen LogP contribution is 2.23. The number of aryl methyl sites for hydroxylation is 1. The molecule has 0 amide bonds. The van der Waals surface area contributed by atoms with Gasteiger partial charge in [-0.05, 0) is 32.3 Å². The molecule has 1 aromatic carbocycles. The number of benzene rings is 1. The molecule has 0 heterocycles. The van der Waals surface area contributed by atoms with Gasteiger partial charge in [-0.25, -0.2) is 0 Å². The van der Waals surface area contributed by atoms with Crippen LogP contribution in [0, 0.1) is 12.8 Å². The molecule has 0 spiro atoms. The monoisotopic (exact) mass is 235 g/mol. The minimum atomic E-state index is 0.446. The van der Waals surface area contributed by atoms with E-state index in [1.54, 1.807) is 0 Å². The smallest absolute Gasteiger partial charge is 0.122 e. The number of hydrogen-bond donors (Lipinski definition) is 1. The SMILES string of the molecule is Cc1cccc(CN(CC(C)C)C(C)C)c1O. The lowest BCUT2D eigenvalue weighted by Crippen LogP contribution is -2.33. The molecule has 0 aliphatic rings. The minimum absolute atomic E-state index is 0.446. The van der Waals surface area contributed by atoms with E-state index in [1.165, 1.54) is 0 Å². The Labute approximate surface area is 105 Å². The molecule has 0 fully saturated rings. The molecular formula is C15H25NO. The van der Waals surface area contributed by atoms with Gasteiger partial charge in [0.1, 0.15) is 5.75 Å². The maximum absolute atomic E-state index is 10.0. The Hall–Kier alpha value is -1.02. The van der Waals surface area contributed by atoms with Crippen LogP contribution in [-0.4, -0.2) is 22.6 Å². The van der Waals surface area contributed by atoms with Gasteiger partial charge in [0.15, 0.2) is 0 Å². The van der Waals surface area contributed by atoms with Gasteiger partial charge in [-0.15, -0.1) is 0 Å². The Balaban J connectivity index is 2.82. The van der Waals surface area contributed by atoms with Crippen molar-refractivity contribution in [3.05, 3.63) is 29.3 Å². The Bertz CT molecular complexity index is 358. The molecule has 0 atom stereocenters. The molecule has 1 aromatic rings. The van der Waals surface area contributed by atoms with Crippen LogP contribution in [0.15, 0.2) is 18.2 Å². The normalized spacial score (nSPS) is 11.8. The molecule has 0 bridgehead atoms.